The molecule has 2 aromatic rings. The molecule has 5 heteroatoms. The van der Waals surface area contributed by atoms with E-state index < -0.39 is 0 Å². The van der Waals surface area contributed by atoms with Gasteiger partial charge in [-0.3, -0.25) is 0 Å². The van der Waals surface area contributed by atoms with Crippen molar-refractivity contribution in [2.45, 2.75) is 18.9 Å². The molecule has 70 valence electrons. The van der Waals surface area contributed by atoms with Gasteiger partial charge in [0, 0.05) is 18.4 Å². The van der Waals surface area contributed by atoms with Gasteiger partial charge in [0.15, 0.2) is 11.5 Å². The van der Waals surface area contributed by atoms with Gasteiger partial charge in [-0.05, 0) is 12.8 Å². The van der Waals surface area contributed by atoms with Gasteiger partial charge in [-0.2, -0.15) is 0 Å². The quantitative estimate of drug-likeness (QED) is 0.759. The molecule has 0 aliphatic heterocycles. The van der Waals surface area contributed by atoms with Crippen LogP contribution >= 0.6 is 0 Å². The van der Waals surface area contributed by atoms with Gasteiger partial charge in [0.05, 0.1) is 0 Å². The van der Waals surface area contributed by atoms with E-state index in [4.69, 9.17) is 0 Å². The van der Waals surface area contributed by atoms with Crippen molar-refractivity contribution in [3.8, 4) is 0 Å². The molecule has 0 bridgehead atoms. The molecule has 3 rings (SSSR count). The lowest BCUT2D eigenvalue weighted by Crippen LogP contribution is -2.05. The minimum atomic E-state index is 0.565. The van der Waals surface area contributed by atoms with Crippen molar-refractivity contribution in [3.63, 3.8) is 0 Å². The molecule has 0 saturated heterocycles. The van der Waals surface area contributed by atoms with Crippen LogP contribution in [0.4, 0.5) is 5.82 Å². The summed E-state index contributed by atoms with van der Waals surface area (Å²) < 4.78 is 0. The number of nitrogens with zero attached hydrogens (tertiary/aromatic N) is 4. The summed E-state index contributed by atoms with van der Waals surface area (Å²) in [7, 11) is 0. The second kappa shape index (κ2) is 2.87. The Balaban J connectivity index is 2.11. The highest BCUT2D eigenvalue weighted by molar-refractivity contribution is 5.81. The first-order valence-electron chi connectivity index (χ1n) is 4.62. The Morgan fingerprint density at radius 2 is 1.93 bits per heavy atom. The van der Waals surface area contributed by atoms with Crippen LogP contribution in [0.1, 0.15) is 12.8 Å². The minimum absolute atomic E-state index is 0.565. The predicted molar refractivity (Wildman–Crippen MR) is 51.8 cm³/mol. The molecule has 1 aliphatic carbocycles. The van der Waals surface area contributed by atoms with Crippen LogP contribution in [0, 0.1) is 0 Å². The van der Waals surface area contributed by atoms with Gasteiger partial charge >= 0.3 is 0 Å². The van der Waals surface area contributed by atoms with Crippen LogP contribution < -0.4 is 5.32 Å². The predicted octanol–water partition coefficient (Wildman–Crippen LogP) is 0.994. The molecule has 5 nitrogen and oxygen atoms in total. The van der Waals surface area contributed by atoms with Crippen molar-refractivity contribution in [2.75, 3.05) is 5.32 Å². The lowest BCUT2D eigenvalue weighted by molar-refractivity contribution is 1.08. The SMILES string of the molecule is c1cnc2c(NC3CC3)ncnc2n1. The molecule has 0 amide bonds. The Bertz CT molecular complexity index is 460. The fraction of sp³-hybridized carbons (Fsp3) is 0.333. The third-order valence-electron chi connectivity index (χ3n) is 2.19. The third-order valence-corrected chi connectivity index (χ3v) is 2.19. The minimum Gasteiger partial charge on any atom is -0.365 e. The molecule has 0 aromatic carbocycles. The van der Waals surface area contributed by atoms with Crippen molar-refractivity contribution in [1.29, 1.82) is 0 Å². The van der Waals surface area contributed by atoms with Gasteiger partial charge in [-0.25, -0.2) is 19.9 Å². The highest BCUT2D eigenvalue weighted by Gasteiger charge is 2.22. The van der Waals surface area contributed by atoms with Crippen molar-refractivity contribution in [1.82, 2.24) is 19.9 Å². The molecule has 14 heavy (non-hydrogen) atoms. The molecule has 0 radical (unpaired) electrons. The average molecular weight is 187 g/mol. The molecule has 0 spiro atoms. The van der Waals surface area contributed by atoms with E-state index in [1.165, 1.54) is 19.2 Å². The van der Waals surface area contributed by atoms with Gasteiger partial charge < -0.3 is 5.32 Å². The fourth-order valence-corrected chi connectivity index (χ4v) is 1.32. The highest BCUT2D eigenvalue weighted by atomic mass is 15.1. The van der Waals surface area contributed by atoms with Crippen LogP contribution in [-0.2, 0) is 0 Å². The second-order valence-corrected chi connectivity index (χ2v) is 3.37. The Kier molecular flexibility index (Phi) is 1.56. The molecule has 0 atom stereocenters. The first kappa shape index (κ1) is 7.61. The summed E-state index contributed by atoms with van der Waals surface area (Å²) in [6, 6.07) is 0.565. The maximum absolute atomic E-state index is 4.21. The monoisotopic (exact) mass is 187 g/mol. The van der Waals surface area contributed by atoms with E-state index in [1.54, 1.807) is 12.4 Å². The van der Waals surface area contributed by atoms with Crippen LogP contribution in [0.25, 0.3) is 11.2 Å². The van der Waals surface area contributed by atoms with E-state index in [0.29, 0.717) is 11.7 Å². The molecule has 2 heterocycles. The molecule has 0 unspecified atom stereocenters. The van der Waals surface area contributed by atoms with Gasteiger partial charge in [0.2, 0.25) is 0 Å². The van der Waals surface area contributed by atoms with Crippen molar-refractivity contribution >= 4 is 17.0 Å². The van der Waals surface area contributed by atoms with Crippen molar-refractivity contribution in [3.05, 3.63) is 18.7 Å². The summed E-state index contributed by atoms with van der Waals surface area (Å²) >= 11 is 0. The standard InChI is InChI=1S/C9H9N5/c1-2-6(1)14-9-7-8(12-5-13-9)11-4-3-10-7/h3-6H,1-2H2,(H,11,12,13,14). The number of hydrogen-bond acceptors (Lipinski definition) is 5. The van der Waals surface area contributed by atoms with E-state index in [-0.39, 0.29) is 0 Å². The summed E-state index contributed by atoms with van der Waals surface area (Å²) in [6.45, 7) is 0. The van der Waals surface area contributed by atoms with Crippen LogP contribution in [0.3, 0.4) is 0 Å². The number of fused-ring (bicyclic) bond motifs is 1. The second-order valence-electron chi connectivity index (χ2n) is 3.37. The zero-order chi connectivity index (χ0) is 9.38. The molecule has 1 fully saturated rings. The smallest absolute Gasteiger partial charge is 0.183 e. The normalized spacial score (nSPS) is 15.7. The first-order chi connectivity index (χ1) is 6.93. The molecule has 2 aromatic heterocycles. The maximum Gasteiger partial charge on any atom is 0.183 e. The summed E-state index contributed by atoms with van der Waals surface area (Å²) in [5, 5.41) is 3.31. The summed E-state index contributed by atoms with van der Waals surface area (Å²) in [6.07, 6.45) is 7.24. The molecule has 1 saturated carbocycles. The van der Waals surface area contributed by atoms with Crippen LogP contribution in [-0.4, -0.2) is 26.0 Å². The largest absolute Gasteiger partial charge is 0.365 e. The Morgan fingerprint density at radius 3 is 2.79 bits per heavy atom. The van der Waals surface area contributed by atoms with E-state index >= 15 is 0 Å². The van der Waals surface area contributed by atoms with Crippen molar-refractivity contribution < 1.29 is 0 Å². The van der Waals surface area contributed by atoms with E-state index in [0.717, 1.165) is 11.3 Å². The van der Waals surface area contributed by atoms with Gasteiger partial charge in [-0.15, -0.1) is 0 Å². The zero-order valence-electron chi connectivity index (χ0n) is 7.51. The Morgan fingerprint density at radius 1 is 1.07 bits per heavy atom. The summed E-state index contributed by atoms with van der Waals surface area (Å²) in [5.74, 6) is 0.797. The number of anilines is 1. The number of hydrogen-bond donors (Lipinski definition) is 1. The van der Waals surface area contributed by atoms with Crippen LogP contribution in [0.2, 0.25) is 0 Å². The fourth-order valence-electron chi connectivity index (χ4n) is 1.32. The first-order valence-corrected chi connectivity index (χ1v) is 4.62. The zero-order valence-corrected chi connectivity index (χ0v) is 7.51. The third kappa shape index (κ3) is 1.26. The van der Waals surface area contributed by atoms with E-state index in [1.807, 2.05) is 0 Å². The number of nitrogens with one attached hydrogen (secondary N) is 1. The molecular weight excluding hydrogens is 178 g/mol. The average Bonchev–Trinajstić information content (AvgIpc) is 3.03. The lowest BCUT2D eigenvalue weighted by Gasteiger charge is -2.04. The molecule has 1 aliphatic rings. The summed E-state index contributed by atoms with van der Waals surface area (Å²) in [5.41, 5.74) is 1.40. The van der Waals surface area contributed by atoms with Gasteiger partial charge in [-0.1, -0.05) is 0 Å². The highest BCUT2D eigenvalue weighted by Crippen LogP contribution is 2.25. The van der Waals surface area contributed by atoms with Gasteiger partial charge in [0.1, 0.15) is 11.8 Å². The number of aromatic nitrogens is 4. The Labute approximate surface area is 80.6 Å². The van der Waals surface area contributed by atoms with E-state index in [9.17, 15) is 0 Å². The van der Waals surface area contributed by atoms with Crippen LogP contribution in [0.15, 0.2) is 18.7 Å². The Hall–Kier alpha value is -1.78. The summed E-state index contributed by atoms with van der Waals surface area (Å²) in [4.78, 5) is 16.5. The van der Waals surface area contributed by atoms with Crippen molar-refractivity contribution in [2.24, 2.45) is 0 Å². The molecular formula is C9H9N5. The van der Waals surface area contributed by atoms with Crippen LogP contribution in [0.5, 0.6) is 0 Å². The molecule has 1 N–H and O–H groups in total. The maximum atomic E-state index is 4.21. The lowest BCUT2D eigenvalue weighted by atomic mass is 10.4. The van der Waals surface area contributed by atoms with Gasteiger partial charge in [0.25, 0.3) is 0 Å². The van der Waals surface area contributed by atoms with E-state index in [2.05, 4.69) is 25.3 Å². The topological polar surface area (TPSA) is 63.6 Å². The number of rotatable bonds is 2.